The Hall–Kier alpha value is -0.870. The molecule has 0 bridgehead atoms. The highest BCUT2D eigenvalue weighted by Crippen LogP contribution is 2.06. The van der Waals surface area contributed by atoms with Crippen LogP contribution in [0, 0.1) is 0 Å². The second-order valence-corrected chi connectivity index (χ2v) is 3.77. The molecule has 0 aromatic heterocycles. The van der Waals surface area contributed by atoms with Crippen molar-refractivity contribution in [2.75, 3.05) is 21.1 Å². The zero-order valence-electron chi connectivity index (χ0n) is 8.83. The number of rotatable bonds is 5. The molecule has 1 amide bonds. The molecule has 4 nitrogen and oxygen atoms in total. The third-order valence-corrected chi connectivity index (χ3v) is 1.69. The minimum Gasteiger partial charge on any atom is -0.304 e. The lowest BCUT2D eigenvalue weighted by Crippen LogP contribution is -2.49. The first kappa shape index (κ1) is 12.1. The van der Waals surface area contributed by atoms with E-state index in [0.717, 1.165) is 6.42 Å². The van der Waals surface area contributed by atoms with Crippen LogP contribution in [0.15, 0.2) is 12.7 Å². The number of nitrogens with one attached hydrogen (secondary N) is 1. The summed E-state index contributed by atoms with van der Waals surface area (Å²) in [7, 11) is 6.02. The Labute approximate surface area is 79.7 Å². The Bertz CT molecular complexity index is 185. The lowest BCUT2D eigenvalue weighted by atomic mass is 10.3. The lowest BCUT2D eigenvalue weighted by molar-refractivity contribution is -0.921. The lowest BCUT2D eigenvalue weighted by Gasteiger charge is -2.32. The third-order valence-electron chi connectivity index (χ3n) is 1.69. The van der Waals surface area contributed by atoms with Gasteiger partial charge >= 0.3 is 0 Å². The van der Waals surface area contributed by atoms with Gasteiger partial charge in [-0.25, -0.2) is 10.3 Å². The van der Waals surface area contributed by atoms with E-state index in [1.807, 2.05) is 28.1 Å². The molecule has 0 heterocycles. The van der Waals surface area contributed by atoms with Gasteiger partial charge in [0.25, 0.3) is 5.91 Å². The maximum atomic E-state index is 10.8. The number of hydroxylamine groups is 1. The Morgan fingerprint density at radius 3 is 2.46 bits per heavy atom. The number of carbonyl (C=O) groups is 1. The molecular weight excluding hydrogens is 168 g/mol. The quantitative estimate of drug-likeness (QED) is 0.297. The van der Waals surface area contributed by atoms with Crippen LogP contribution in [0.1, 0.15) is 13.3 Å². The van der Waals surface area contributed by atoms with Gasteiger partial charge in [-0.05, 0) is 6.08 Å². The van der Waals surface area contributed by atoms with Gasteiger partial charge in [0.15, 0.2) is 0 Å². The number of hydrogen-bond donors (Lipinski definition) is 1. The maximum Gasteiger partial charge on any atom is 0.267 e. The topological polar surface area (TPSA) is 38.3 Å². The summed E-state index contributed by atoms with van der Waals surface area (Å²) in [6.07, 6.45) is 1.98. The van der Waals surface area contributed by atoms with Crippen LogP contribution in [0.4, 0.5) is 0 Å². The molecule has 0 aromatic rings. The van der Waals surface area contributed by atoms with Crippen LogP contribution < -0.4 is 5.48 Å². The molecule has 0 radical (unpaired) electrons. The first-order valence-corrected chi connectivity index (χ1v) is 4.31. The van der Waals surface area contributed by atoms with Gasteiger partial charge in [-0.15, -0.1) is 0 Å². The van der Waals surface area contributed by atoms with E-state index in [1.165, 1.54) is 6.08 Å². The van der Waals surface area contributed by atoms with Crippen molar-refractivity contribution in [3.05, 3.63) is 12.7 Å². The summed E-state index contributed by atoms with van der Waals surface area (Å²) in [5, 5.41) is 0. The molecular formula is C9H19N2O2+. The highest BCUT2D eigenvalue weighted by molar-refractivity contribution is 5.85. The Kier molecular flexibility index (Phi) is 4.66. The van der Waals surface area contributed by atoms with Crippen LogP contribution in [0.25, 0.3) is 0 Å². The van der Waals surface area contributed by atoms with E-state index in [4.69, 9.17) is 4.84 Å². The average Bonchev–Trinajstić information content (AvgIpc) is 2.02. The minimum absolute atomic E-state index is 0.0381. The van der Waals surface area contributed by atoms with E-state index >= 15 is 0 Å². The molecule has 0 aromatic carbocycles. The number of amides is 1. The standard InChI is InChI=1S/C9H18N2O2/c1-6-8(12)10-13-9(7-2)11(3,4)5/h6,9H,1,7H2,2-5H3/p+1. The SMILES string of the molecule is C=CC(=O)NOC(CC)[N+](C)(C)C. The van der Waals surface area contributed by atoms with Crippen LogP contribution >= 0.6 is 0 Å². The summed E-state index contributed by atoms with van der Waals surface area (Å²) in [5.74, 6) is -0.313. The average molecular weight is 187 g/mol. The van der Waals surface area contributed by atoms with E-state index in [9.17, 15) is 4.79 Å². The highest BCUT2D eigenvalue weighted by atomic mass is 16.7. The molecule has 1 N–H and O–H groups in total. The summed E-state index contributed by atoms with van der Waals surface area (Å²) in [6.45, 7) is 5.34. The van der Waals surface area contributed by atoms with E-state index < -0.39 is 0 Å². The zero-order valence-corrected chi connectivity index (χ0v) is 8.83. The van der Waals surface area contributed by atoms with E-state index in [1.54, 1.807) is 0 Å². The monoisotopic (exact) mass is 187 g/mol. The van der Waals surface area contributed by atoms with Crippen molar-refractivity contribution in [1.29, 1.82) is 0 Å². The van der Waals surface area contributed by atoms with Crippen molar-refractivity contribution in [1.82, 2.24) is 5.48 Å². The molecule has 0 aliphatic carbocycles. The molecule has 1 unspecified atom stereocenters. The molecule has 0 aliphatic rings. The fourth-order valence-electron chi connectivity index (χ4n) is 0.957. The van der Waals surface area contributed by atoms with Crippen molar-refractivity contribution < 1.29 is 14.1 Å². The molecule has 0 aliphatic heterocycles. The van der Waals surface area contributed by atoms with Gasteiger partial charge in [0, 0.05) is 6.42 Å². The summed E-state index contributed by atoms with van der Waals surface area (Å²) >= 11 is 0. The van der Waals surface area contributed by atoms with Crippen LogP contribution in [0.3, 0.4) is 0 Å². The van der Waals surface area contributed by atoms with Crippen molar-refractivity contribution in [3.63, 3.8) is 0 Å². The number of hydrogen-bond acceptors (Lipinski definition) is 2. The molecule has 1 atom stereocenters. The summed E-state index contributed by atoms with van der Waals surface area (Å²) in [6, 6.07) is 0. The molecule has 0 fully saturated rings. The van der Waals surface area contributed by atoms with Gasteiger partial charge in [-0.1, -0.05) is 13.5 Å². The summed E-state index contributed by atoms with van der Waals surface area (Å²) < 4.78 is 0.647. The highest BCUT2D eigenvalue weighted by Gasteiger charge is 2.23. The van der Waals surface area contributed by atoms with Gasteiger partial charge in [0.05, 0.1) is 21.1 Å². The van der Waals surface area contributed by atoms with Crippen molar-refractivity contribution in [2.45, 2.75) is 19.6 Å². The zero-order chi connectivity index (χ0) is 10.5. The van der Waals surface area contributed by atoms with Gasteiger partial charge in [0.1, 0.15) is 0 Å². The smallest absolute Gasteiger partial charge is 0.267 e. The van der Waals surface area contributed by atoms with Crippen LogP contribution in [-0.4, -0.2) is 37.8 Å². The fraction of sp³-hybridized carbons (Fsp3) is 0.667. The van der Waals surface area contributed by atoms with Crippen LogP contribution in [0.5, 0.6) is 0 Å². The Morgan fingerprint density at radius 1 is 1.62 bits per heavy atom. The second-order valence-electron chi connectivity index (χ2n) is 3.77. The van der Waals surface area contributed by atoms with Crippen molar-refractivity contribution in [2.24, 2.45) is 0 Å². The molecule has 0 saturated heterocycles. The maximum absolute atomic E-state index is 10.8. The van der Waals surface area contributed by atoms with Gasteiger partial charge in [0.2, 0.25) is 6.23 Å². The summed E-state index contributed by atoms with van der Waals surface area (Å²) in [4.78, 5) is 16.0. The normalized spacial score (nSPS) is 13.5. The number of carbonyl (C=O) groups excluding carboxylic acids is 1. The largest absolute Gasteiger partial charge is 0.304 e. The molecule has 76 valence electrons. The minimum atomic E-state index is -0.313. The number of quaternary nitrogens is 1. The number of nitrogens with zero attached hydrogens (tertiary/aromatic N) is 1. The van der Waals surface area contributed by atoms with Gasteiger partial charge in [-0.3, -0.25) is 4.79 Å². The Morgan fingerprint density at radius 2 is 2.15 bits per heavy atom. The predicted molar refractivity (Wildman–Crippen MR) is 51.5 cm³/mol. The molecule has 0 saturated carbocycles. The first-order chi connectivity index (χ1) is 5.91. The molecule has 0 spiro atoms. The Balaban J connectivity index is 4.00. The van der Waals surface area contributed by atoms with Crippen molar-refractivity contribution >= 4 is 5.91 Å². The van der Waals surface area contributed by atoms with E-state index in [2.05, 4.69) is 12.1 Å². The van der Waals surface area contributed by atoms with Gasteiger partial charge < -0.3 is 4.48 Å². The second kappa shape index (κ2) is 4.99. The summed E-state index contributed by atoms with van der Waals surface area (Å²) in [5.41, 5.74) is 2.32. The molecule has 13 heavy (non-hydrogen) atoms. The van der Waals surface area contributed by atoms with E-state index in [0.29, 0.717) is 4.48 Å². The van der Waals surface area contributed by atoms with Gasteiger partial charge in [-0.2, -0.15) is 0 Å². The predicted octanol–water partition coefficient (Wildman–Crippen LogP) is 0.662. The van der Waals surface area contributed by atoms with Crippen LogP contribution in [-0.2, 0) is 9.63 Å². The molecule has 0 rings (SSSR count). The van der Waals surface area contributed by atoms with Crippen LogP contribution in [0.2, 0.25) is 0 Å². The third kappa shape index (κ3) is 4.65. The van der Waals surface area contributed by atoms with E-state index in [-0.39, 0.29) is 12.1 Å². The van der Waals surface area contributed by atoms with Crippen molar-refractivity contribution in [3.8, 4) is 0 Å². The fourth-order valence-corrected chi connectivity index (χ4v) is 0.957. The first-order valence-electron chi connectivity index (χ1n) is 4.31. The molecule has 4 heteroatoms.